The van der Waals surface area contributed by atoms with Gasteiger partial charge in [0.2, 0.25) is 0 Å². The van der Waals surface area contributed by atoms with Crippen LogP contribution in [0, 0.1) is 0 Å². The van der Waals surface area contributed by atoms with E-state index in [0.717, 1.165) is 0 Å². The summed E-state index contributed by atoms with van der Waals surface area (Å²) in [5.74, 6) is -1.58. The number of esters is 3. The standard InChI is InChI=1S/C33H32O9/c1-20(2)29(34)39-25-14-12-24(13-15-25)32(37)41-28-17-16-26(18-27(28)33(5,6)7)40-31(36)23-10-8-22(9-11-23)19-38-42-30(35)21(3)4/h8-18H,1,3,19H2,2,4-7H3. The monoisotopic (exact) mass is 572 g/mol. The van der Waals surface area contributed by atoms with Gasteiger partial charge in [-0.1, -0.05) is 46.1 Å². The van der Waals surface area contributed by atoms with E-state index in [2.05, 4.69) is 18.0 Å². The Kier molecular flexibility index (Phi) is 10.2. The first-order chi connectivity index (χ1) is 19.7. The number of carbonyl (C=O) groups is 4. The van der Waals surface area contributed by atoms with E-state index in [0.29, 0.717) is 22.4 Å². The lowest BCUT2D eigenvalue weighted by Gasteiger charge is -2.23. The van der Waals surface area contributed by atoms with Crippen molar-refractivity contribution in [3.05, 3.63) is 113 Å². The lowest BCUT2D eigenvalue weighted by molar-refractivity contribution is -0.276. The van der Waals surface area contributed by atoms with E-state index in [9.17, 15) is 19.2 Å². The van der Waals surface area contributed by atoms with Crippen molar-refractivity contribution >= 4 is 23.9 Å². The highest BCUT2D eigenvalue weighted by molar-refractivity contribution is 5.93. The number of ether oxygens (including phenoxy) is 3. The van der Waals surface area contributed by atoms with Crippen molar-refractivity contribution in [2.45, 2.75) is 46.6 Å². The minimum absolute atomic E-state index is 0.00389. The molecule has 0 bridgehead atoms. The van der Waals surface area contributed by atoms with Crippen LogP contribution in [0.2, 0.25) is 0 Å². The minimum atomic E-state index is -0.664. The van der Waals surface area contributed by atoms with Gasteiger partial charge in [-0.25, -0.2) is 19.2 Å². The summed E-state index contributed by atoms with van der Waals surface area (Å²) in [6, 6.07) is 17.1. The first-order valence-electron chi connectivity index (χ1n) is 12.9. The highest BCUT2D eigenvalue weighted by Crippen LogP contribution is 2.35. The number of benzene rings is 3. The summed E-state index contributed by atoms with van der Waals surface area (Å²) in [5.41, 5.74) is 1.87. The molecule has 0 fully saturated rings. The van der Waals surface area contributed by atoms with Gasteiger partial charge in [0.1, 0.15) is 23.9 Å². The molecular weight excluding hydrogens is 540 g/mol. The fourth-order valence-electron chi connectivity index (χ4n) is 3.38. The molecule has 0 N–H and O–H groups in total. The average molecular weight is 573 g/mol. The van der Waals surface area contributed by atoms with Gasteiger partial charge >= 0.3 is 23.9 Å². The van der Waals surface area contributed by atoms with Crippen molar-refractivity contribution in [3.63, 3.8) is 0 Å². The molecule has 9 nitrogen and oxygen atoms in total. The summed E-state index contributed by atoms with van der Waals surface area (Å²) >= 11 is 0. The van der Waals surface area contributed by atoms with E-state index < -0.39 is 29.3 Å². The molecule has 3 aromatic carbocycles. The van der Waals surface area contributed by atoms with Crippen LogP contribution >= 0.6 is 0 Å². The highest BCUT2D eigenvalue weighted by Gasteiger charge is 2.23. The van der Waals surface area contributed by atoms with Gasteiger partial charge < -0.3 is 14.2 Å². The van der Waals surface area contributed by atoms with Crippen LogP contribution < -0.4 is 14.2 Å². The Balaban J connectivity index is 1.68. The van der Waals surface area contributed by atoms with Gasteiger partial charge in [0.25, 0.3) is 0 Å². The molecule has 0 atom stereocenters. The van der Waals surface area contributed by atoms with E-state index >= 15 is 0 Å². The zero-order valence-corrected chi connectivity index (χ0v) is 24.1. The predicted octanol–water partition coefficient (Wildman–Crippen LogP) is 6.45. The maximum Gasteiger partial charge on any atom is 0.368 e. The average Bonchev–Trinajstić information content (AvgIpc) is 2.93. The Hall–Kier alpha value is -5.02. The van der Waals surface area contributed by atoms with Gasteiger partial charge in [0.15, 0.2) is 0 Å². The molecule has 218 valence electrons. The van der Waals surface area contributed by atoms with Crippen LogP contribution in [0.25, 0.3) is 0 Å². The summed E-state index contributed by atoms with van der Waals surface area (Å²) in [7, 11) is 0. The molecule has 0 saturated heterocycles. The Morgan fingerprint density at radius 1 is 0.667 bits per heavy atom. The summed E-state index contributed by atoms with van der Waals surface area (Å²) in [6.45, 7) is 15.8. The first-order valence-corrected chi connectivity index (χ1v) is 12.9. The zero-order valence-electron chi connectivity index (χ0n) is 24.1. The molecule has 0 radical (unpaired) electrons. The molecule has 42 heavy (non-hydrogen) atoms. The Morgan fingerprint density at radius 2 is 1.19 bits per heavy atom. The van der Waals surface area contributed by atoms with Crippen molar-refractivity contribution in [1.29, 1.82) is 0 Å². The van der Waals surface area contributed by atoms with Gasteiger partial charge in [-0.2, -0.15) is 4.89 Å². The molecule has 0 unspecified atom stereocenters. The minimum Gasteiger partial charge on any atom is -0.423 e. The van der Waals surface area contributed by atoms with Crippen LogP contribution in [-0.4, -0.2) is 23.9 Å². The SMILES string of the molecule is C=C(C)C(=O)OOCc1ccc(C(=O)Oc2ccc(OC(=O)c3ccc(OC(=O)C(=C)C)cc3)c(C(C)(C)C)c2)cc1. The quantitative estimate of drug-likeness (QED) is 0.0888. The van der Waals surface area contributed by atoms with Crippen LogP contribution in [-0.2, 0) is 31.4 Å². The largest absolute Gasteiger partial charge is 0.423 e. The van der Waals surface area contributed by atoms with Gasteiger partial charge in [0.05, 0.1) is 11.1 Å². The summed E-state index contributed by atoms with van der Waals surface area (Å²) < 4.78 is 16.4. The normalized spacial score (nSPS) is 10.8. The highest BCUT2D eigenvalue weighted by atomic mass is 17.2. The van der Waals surface area contributed by atoms with E-state index in [4.69, 9.17) is 19.1 Å². The molecule has 0 aliphatic rings. The van der Waals surface area contributed by atoms with Crippen molar-refractivity contribution in [3.8, 4) is 17.2 Å². The summed E-state index contributed by atoms with van der Waals surface area (Å²) in [5, 5.41) is 0. The number of rotatable bonds is 10. The summed E-state index contributed by atoms with van der Waals surface area (Å²) in [4.78, 5) is 58.2. The van der Waals surface area contributed by atoms with E-state index in [1.54, 1.807) is 36.4 Å². The third kappa shape index (κ3) is 8.74. The van der Waals surface area contributed by atoms with Crippen LogP contribution in [0.1, 0.15) is 66.5 Å². The van der Waals surface area contributed by atoms with E-state index in [-0.39, 0.29) is 34.8 Å². The second-order valence-electron chi connectivity index (χ2n) is 10.5. The molecule has 0 amide bonds. The zero-order chi connectivity index (χ0) is 31.0. The Morgan fingerprint density at radius 3 is 1.74 bits per heavy atom. The Labute approximate surface area is 244 Å². The van der Waals surface area contributed by atoms with Crippen molar-refractivity contribution in [1.82, 2.24) is 0 Å². The predicted molar refractivity (Wildman–Crippen MR) is 154 cm³/mol. The second kappa shape index (κ2) is 13.6. The third-order valence-electron chi connectivity index (χ3n) is 5.72. The molecular formula is C33H32O9. The van der Waals surface area contributed by atoms with Crippen molar-refractivity contribution < 1.29 is 43.2 Å². The van der Waals surface area contributed by atoms with Crippen molar-refractivity contribution in [2.24, 2.45) is 0 Å². The van der Waals surface area contributed by atoms with E-state index in [1.807, 2.05) is 20.8 Å². The molecule has 3 rings (SSSR count). The molecule has 0 spiro atoms. The van der Waals surface area contributed by atoms with Gasteiger partial charge in [-0.3, -0.25) is 4.89 Å². The van der Waals surface area contributed by atoms with Crippen LogP contribution in [0.15, 0.2) is 91.0 Å². The molecule has 9 heteroatoms. The summed E-state index contributed by atoms with van der Waals surface area (Å²) in [6.07, 6.45) is 0. The molecule has 3 aromatic rings. The molecule has 0 aliphatic heterocycles. The lowest BCUT2D eigenvalue weighted by atomic mass is 9.86. The molecule has 0 saturated carbocycles. The fraction of sp³-hybridized carbons (Fsp3) is 0.212. The maximum absolute atomic E-state index is 12.9. The third-order valence-corrected chi connectivity index (χ3v) is 5.72. The number of hydrogen-bond acceptors (Lipinski definition) is 9. The fourth-order valence-corrected chi connectivity index (χ4v) is 3.38. The molecule has 0 aliphatic carbocycles. The number of carbonyl (C=O) groups excluding carboxylic acids is 4. The first kappa shape index (κ1) is 31.5. The Bertz CT molecular complexity index is 1510. The number of hydrogen-bond donors (Lipinski definition) is 0. The second-order valence-corrected chi connectivity index (χ2v) is 10.5. The van der Waals surface area contributed by atoms with Crippen molar-refractivity contribution in [2.75, 3.05) is 0 Å². The molecule has 0 aromatic heterocycles. The maximum atomic E-state index is 12.9. The topological polar surface area (TPSA) is 114 Å². The van der Waals surface area contributed by atoms with Gasteiger partial charge in [0, 0.05) is 16.7 Å². The molecule has 0 heterocycles. The van der Waals surface area contributed by atoms with Crippen LogP contribution in [0.3, 0.4) is 0 Å². The smallest absolute Gasteiger partial charge is 0.368 e. The van der Waals surface area contributed by atoms with Crippen LogP contribution in [0.5, 0.6) is 17.2 Å². The van der Waals surface area contributed by atoms with Gasteiger partial charge in [-0.05, 0) is 79.4 Å². The lowest BCUT2D eigenvalue weighted by Crippen LogP contribution is -2.17. The van der Waals surface area contributed by atoms with E-state index in [1.165, 1.54) is 44.2 Å². The van der Waals surface area contributed by atoms with Crippen LogP contribution in [0.4, 0.5) is 0 Å². The van der Waals surface area contributed by atoms with Gasteiger partial charge in [-0.15, -0.1) is 0 Å².